The monoisotopic (exact) mass is 235 g/mol. The first-order chi connectivity index (χ1) is 8.27. The highest BCUT2D eigenvalue weighted by Crippen LogP contribution is 2.20. The lowest BCUT2D eigenvalue weighted by Crippen LogP contribution is -2.31. The van der Waals surface area contributed by atoms with E-state index < -0.39 is 0 Å². The van der Waals surface area contributed by atoms with Gasteiger partial charge in [0.1, 0.15) is 0 Å². The molecule has 0 saturated heterocycles. The van der Waals surface area contributed by atoms with Crippen molar-refractivity contribution in [2.45, 2.75) is 51.6 Å². The second kappa shape index (κ2) is 8.26. The van der Waals surface area contributed by atoms with Crippen molar-refractivity contribution in [3.05, 3.63) is 35.9 Å². The Balaban J connectivity index is 2.60. The highest BCUT2D eigenvalue weighted by Gasteiger charge is 2.13. The quantitative estimate of drug-likeness (QED) is 0.724. The Morgan fingerprint density at radius 2 is 1.88 bits per heavy atom. The standard InChI is InChI=1S/C15H25NO/c1-3-4-10-15(16-13(2)11-12-17)14-8-6-5-7-9-14/h5-9,13,15-17H,3-4,10-12H2,1-2H3/t13-,15?/m1/s1. The molecule has 0 aromatic heterocycles. The summed E-state index contributed by atoms with van der Waals surface area (Å²) in [5.74, 6) is 0. The predicted molar refractivity (Wildman–Crippen MR) is 73.0 cm³/mol. The van der Waals surface area contributed by atoms with Crippen molar-refractivity contribution in [1.29, 1.82) is 0 Å². The summed E-state index contributed by atoms with van der Waals surface area (Å²) in [4.78, 5) is 0. The molecular weight excluding hydrogens is 210 g/mol. The molecule has 1 aromatic rings. The minimum absolute atomic E-state index is 0.253. The van der Waals surface area contributed by atoms with Crippen LogP contribution < -0.4 is 5.32 Å². The average molecular weight is 235 g/mol. The van der Waals surface area contributed by atoms with E-state index in [1.165, 1.54) is 18.4 Å². The van der Waals surface area contributed by atoms with Crippen LogP contribution in [0.2, 0.25) is 0 Å². The smallest absolute Gasteiger partial charge is 0.0445 e. The van der Waals surface area contributed by atoms with Crippen LogP contribution in [0.3, 0.4) is 0 Å². The van der Waals surface area contributed by atoms with E-state index in [9.17, 15) is 0 Å². The van der Waals surface area contributed by atoms with Gasteiger partial charge in [0, 0.05) is 18.7 Å². The summed E-state index contributed by atoms with van der Waals surface area (Å²) >= 11 is 0. The molecule has 1 aromatic carbocycles. The Labute approximate surface area is 105 Å². The summed E-state index contributed by atoms with van der Waals surface area (Å²) in [5.41, 5.74) is 1.35. The lowest BCUT2D eigenvalue weighted by Gasteiger charge is -2.23. The molecule has 17 heavy (non-hydrogen) atoms. The molecule has 0 heterocycles. The number of aliphatic hydroxyl groups is 1. The first-order valence-electron chi connectivity index (χ1n) is 6.69. The van der Waals surface area contributed by atoms with Crippen molar-refractivity contribution in [1.82, 2.24) is 5.32 Å². The van der Waals surface area contributed by atoms with Crippen molar-refractivity contribution in [3.8, 4) is 0 Å². The van der Waals surface area contributed by atoms with E-state index in [1.807, 2.05) is 0 Å². The predicted octanol–water partition coefficient (Wildman–Crippen LogP) is 3.28. The second-order valence-corrected chi connectivity index (χ2v) is 4.69. The van der Waals surface area contributed by atoms with Gasteiger partial charge >= 0.3 is 0 Å². The summed E-state index contributed by atoms with van der Waals surface area (Å²) in [6.45, 7) is 4.61. The number of aliphatic hydroxyl groups excluding tert-OH is 1. The molecule has 0 saturated carbocycles. The summed E-state index contributed by atoms with van der Waals surface area (Å²) in [6, 6.07) is 11.4. The Bertz CT molecular complexity index is 286. The van der Waals surface area contributed by atoms with Gasteiger partial charge in [-0.3, -0.25) is 0 Å². The van der Waals surface area contributed by atoms with Crippen LogP contribution in [0.25, 0.3) is 0 Å². The van der Waals surface area contributed by atoms with Gasteiger partial charge in [0.25, 0.3) is 0 Å². The molecule has 96 valence electrons. The van der Waals surface area contributed by atoms with E-state index in [1.54, 1.807) is 0 Å². The third-order valence-electron chi connectivity index (χ3n) is 3.10. The van der Waals surface area contributed by atoms with Crippen LogP contribution in [-0.2, 0) is 0 Å². The largest absolute Gasteiger partial charge is 0.396 e. The Morgan fingerprint density at radius 1 is 1.18 bits per heavy atom. The molecule has 2 nitrogen and oxygen atoms in total. The van der Waals surface area contributed by atoms with E-state index >= 15 is 0 Å². The molecule has 2 heteroatoms. The maximum Gasteiger partial charge on any atom is 0.0445 e. The average Bonchev–Trinajstić information content (AvgIpc) is 2.36. The van der Waals surface area contributed by atoms with E-state index in [2.05, 4.69) is 49.5 Å². The molecule has 0 radical (unpaired) electrons. The van der Waals surface area contributed by atoms with E-state index in [0.29, 0.717) is 12.1 Å². The number of rotatable bonds is 8. The van der Waals surface area contributed by atoms with Crippen molar-refractivity contribution in [3.63, 3.8) is 0 Å². The molecule has 0 aliphatic heterocycles. The zero-order valence-electron chi connectivity index (χ0n) is 11.0. The van der Waals surface area contributed by atoms with Gasteiger partial charge in [-0.15, -0.1) is 0 Å². The normalized spacial score (nSPS) is 14.5. The molecular formula is C15H25NO. The fraction of sp³-hybridized carbons (Fsp3) is 0.600. The molecule has 2 atom stereocenters. The van der Waals surface area contributed by atoms with Crippen LogP contribution in [0, 0.1) is 0 Å². The zero-order valence-corrected chi connectivity index (χ0v) is 11.0. The Morgan fingerprint density at radius 3 is 2.47 bits per heavy atom. The van der Waals surface area contributed by atoms with Gasteiger partial charge in [0.15, 0.2) is 0 Å². The van der Waals surface area contributed by atoms with Gasteiger partial charge in [0.05, 0.1) is 0 Å². The fourth-order valence-corrected chi connectivity index (χ4v) is 2.06. The molecule has 0 bridgehead atoms. The number of unbranched alkanes of at least 4 members (excludes halogenated alkanes) is 1. The van der Waals surface area contributed by atoms with E-state index in [4.69, 9.17) is 5.11 Å². The minimum Gasteiger partial charge on any atom is -0.396 e. The van der Waals surface area contributed by atoms with Crippen LogP contribution in [0.4, 0.5) is 0 Å². The van der Waals surface area contributed by atoms with Crippen LogP contribution in [0.5, 0.6) is 0 Å². The number of hydrogen-bond donors (Lipinski definition) is 2. The van der Waals surface area contributed by atoms with Crippen molar-refractivity contribution in [2.75, 3.05) is 6.61 Å². The Hall–Kier alpha value is -0.860. The highest BCUT2D eigenvalue weighted by molar-refractivity contribution is 5.18. The number of benzene rings is 1. The zero-order chi connectivity index (χ0) is 12.5. The van der Waals surface area contributed by atoms with Crippen LogP contribution in [0.15, 0.2) is 30.3 Å². The topological polar surface area (TPSA) is 32.3 Å². The molecule has 0 aliphatic rings. The van der Waals surface area contributed by atoms with Gasteiger partial charge in [-0.05, 0) is 25.3 Å². The summed E-state index contributed by atoms with van der Waals surface area (Å²) in [7, 11) is 0. The van der Waals surface area contributed by atoms with Gasteiger partial charge < -0.3 is 10.4 Å². The van der Waals surface area contributed by atoms with Crippen molar-refractivity contribution < 1.29 is 5.11 Å². The summed E-state index contributed by atoms with van der Waals surface area (Å²) < 4.78 is 0. The lowest BCUT2D eigenvalue weighted by atomic mass is 10.00. The van der Waals surface area contributed by atoms with Gasteiger partial charge in [-0.2, -0.15) is 0 Å². The van der Waals surface area contributed by atoms with E-state index in [0.717, 1.165) is 12.8 Å². The Kier molecular flexibility index (Phi) is 6.90. The highest BCUT2D eigenvalue weighted by atomic mass is 16.3. The molecule has 0 aliphatic carbocycles. The third-order valence-corrected chi connectivity index (χ3v) is 3.10. The molecule has 0 fully saturated rings. The third kappa shape index (κ3) is 5.33. The van der Waals surface area contributed by atoms with E-state index in [-0.39, 0.29) is 6.61 Å². The van der Waals surface area contributed by atoms with Crippen LogP contribution in [-0.4, -0.2) is 17.8 Å². The number of hydrogen-bond acceptors (Lipinski definition) is 2. The first-order valence-corrected chi connectivity index (χ1v) is 6.69. The van der Waals surface area contributed by atoms with Crippen molar-refractivity contribution in [2.24, 2.45) is 0 Å². The maximum absolute atomic E-state index is 8.96. The van der Waals surface area contributed by atoms with Crippen LogP contribution >= 0.6 is 0 Å². The molecule has 0 amide bonds. The maximum atomic E-state index is 8.96. The molecule has 1 unspecified atom stereocenters. The molecule has 0 spiro atoms. The van der Waals surface area contributed by atoms with Gasteiger partial charge in [-0.1, -0.05) is 50.1 Å². The fourth-order valence-electron chi connectivity index (χ4n) is 2.06. The van der Waals surface area contributed by atoms with Gasteiger partial charge in [-0.25, -0.2) is 0 Å². The van der Waals surface area contributed by atoms with Crippen molar-refractivity contribution >= 4 is 0 Å². The minimum atomic E-state index is 0.253. The second-order valence-electron chi connectivity index (χ2n) is 4.69. The lowest BCUT2D eigenvalue weighted by molar-refractivity contribution is 0.261. The summed E-state index contributed by atoms with van der Waals surface area (Å²) in [5, 5.41) is 12.6. The molecule has 2 N–H and O–H groups in total. The SMILES string of the molecule is CCCCC(N[C@H](C)CCO)c1ccccc1. The first kappa shape index (κ1) is 14.2. The van der Waals surface area contributed by atoms with Gasteiger partial charge in [0.2, 0.25) is 0 Å². The molecule has 1 rings (SSSR count). The van der Waals surface area contributed by atoms with Crippen LogP contribution in [0.1, 0.15) is 51.1 Å². The number of nitrogens with one attached hydrogen (secondary N) is 1. The summed E-state index contributed by atoms with van der Waals surface area (Å²) in [6.07, 6.45) is 4.43.